The van der Waals surface area contributed by atoms with Crippen molar-refractivity contribution in [3.63, 3.8) is 0 Å². The maximum Gasteiger partial charge on any atom is 0.317 e. The van der Waals surface area contributed by atoms with Crippen LogP contribution in [0.5, 0.6) is 5.75 Å². The molecule has 218 valence electrons. The summed E-state index contributed by atoms with van der Waals surface area (Å²) < 4.78 is 12.3. The van der Waals surface area contributed by atoms with E-state index in [1.807, 2.05) is 18.2 Å². The highest BCUT2D eigenvalue weighted by atomic mass is 16.7. The zero-order chi connectivity index (χ0) is 28.2. The van der Waals surface area contributed by atoms with E-state index in [9.17, 15) is 4.79 Å². The minimum absolute atomic E-state index is 0.0308. The van der Waals surface area contributed by atoms with Crippen molar-refractivity contribution in [2.45, 2.75) is 110 Å². The van der Waals surface area contributed by atoms with Gasteiger partial charge in [-0.3, -0.25) is 4.79 Å². The topological polar surface area (TPSA) is 35.5 Å². The zero-order valence-corrected chi connectivity index (χ0v) is 25.5. The molecule has 0 spiro atoms. The van der Waals surface area contributed by atoms with Crippen LogP contribution in [-0.2, 0) is 22.5 Å². The maximum absolute atomic E-state index is 12.9. The number of esters is 1. The van der Waals surface area contributed by atoms with E-state index in [0.717, 1.165) is 36.2 Å². The molecule has 0 saturated heterocycles. The van der Waals surface area contributed by atoms with Gasteiger partial charge in [0.1, 0.15) is 18.2 Å². The summed E-state index contributed by atoms with van der Waals surface area (Å²) in [6, 6.07) is 18.6. The third kappa shape index (κ3) is 14.6. The van der Waals surface area contributed by atoms with Crippen LogP contribution in [0.1, 0.15) is 108 Å². The molecule has 39 heavy (non-hydrogen) atoms. The first-order valence-corrected chi connectivity index (χ1v) is 15.7. The fraction of sp³-hybridized carbons (Fsp3) is 0.629. The lowest BCUT2D eigenvalue weighted by molar-refractivity contribution is -0.906. The van der Waals surface area contributed by atoms with E-state index in [4.69, 9.17) is 9.47 Å². The molecule has 0 bridgehead atoms. The van der Waals surface area contributed by atoms with Crippen LogP contribution in [0.4, 0.5) is 0 Å². The number of benzene rings is 2. The van der Waals surface area contributed by atoms with Crippen molar-refractivity contribution in [3.8, 4) is 5.75 Å². The summed E-state index contributed by atoms with van der Waals surface area (Å²) in [6.45, 7) is 5.92. The third-order valence-corrected chi connectivity index (χ3v) is 7.68. The summed E-state index contributed by atoms with van der Waals surface area (Å²) in [5.41, 5.74) is 2.48. The largest absolute Gasteiger partial charge is 0.457 e. The molecule has 4 nitrogen and oxygen atoms in total. The number of ether oxygens (including phenoxy) is 2. The Bertz CT molecular complexity index is 896. The average molecular weight is 539 g/mol. The Balaban J connectivity index is 1.65. The molecule has 0 amide bonds. The molecule has 2 aromatic rings. The summed E-state index contributed by atoms with van der Waals surface area (Å²) in [5.74, 6) is 0.514. The summed E-state index contributed by atoms with van der Waals surface area (Å²) in [5, 5.41) is 0. The van der Waals surface area contributed by atoms with Gasteiger partial charge in [0.25, 0.3) is 0 Å². The van der Waals surface area contributed by atoms with Crippen LogP contribution >= 0.6 is 0 Å². The van der Waals surface area contributed by atoms with Crippen molar-refractivity contribution in [1.82, 2.24) is 0 Å². The first-order chi connectivity index (χ1) is 18.9. The summed E-state index contributed by atoms with van der Waals surface area (Å²) >= 11 is 0. The molecule has 0 N–H and O–H groups in total. The van der Waals surface area contributed by atoms with E-state index in [2.05, 4.69) is 64.3 Å². The molecule has 4 heteroatoms. The van der Waals surface area contributed by atoms with Gasteiger partial charge < -0.3 is 14.0 Å². The van der Waals surface area contributed by atoms with Gasteiger partial charge in [-0.05, 0) is 30.9 Å². The molecule has 0 saturated carbocycles. The van der Waals surface area contributed by atoms with Gasteiger partial charge in [0.15, 0.2) is 0 Å². The first kappa shape index (κ1) is 32.9. The van der Waals surface area contributed by atoms with Crippen LogP contribution in [0.15, 0.2) is 54.6 Å². The average Bonchev–Trinajstić information content (AvgIpc) is 2.93. The lowest BCUT2D eigenvalue weighted by Crippen LogP contribution is -2.44. The summed E-state index contributed by atoms with van der Waals surface area (Å²) in [4.78, 5) is 12.9. The number of para-hydroxylation sites is 1. The van der Waals surface area contributed by atoms with Crippen LogP contribution in [-0.4, -0.2) is 37.9 Å². The number of carbonyl (C=O) groups excluding carboxylic acids is 1. The highest BCUT2D eigenvalue weighted by Gasteiger charge is 2.28. The van der Waals surface area contributed by atoms with E-state index < -0.39 is 0 Å². The van der Waals surface area contributed by atoms with Crippen molar-refractivity contribution in [2.75, 3.05) is 27.4 Å². The Hall–Kier alpha value is -2.33. The van der Waals surface area contributed by atoms with Crippen molar-refractivity contribution < 1.29 is 18.8 Å². The van der Waals surface area contributed by atoms with Gasteiger partial charge in [0, 0.05) is 5.56 Å². The van der Waals surface area contributed by atoms with Gasteiger partial charge in [-0.2, -0.15) is 0 Å². The lowest BCUT2D eigenvalue weighted by Gasteiger charge is -2.32. The van der Waals surface area contributed by atoms with Crippen molar-refractivity contribution in [1.29, 1.82) is 0 Å². The van der Waals surface area contributed by atoms with Gasteiger partial charge in [-0.25, -0.2) is 0 Å². The number of aryl methyl sites for hydroxylation is 1. The lowest BCUT2D eigenvalue weighted by atomic mass is 10.0. The highest BCUT2D eigenvalue weighted by Crippen LogP contribution is 2.22. The smallest absolute Gasteiger partial charge is 0.317 e. The maximum atomic E-state index is 12.9. The molecule has 0 radical (unpaired) electrons. The van der Waals surface area contributed by atoms with E-state index in [1.165, 1.54) is 88.2 Å². The molecule has 1 atom stereocenters. The third-order valence-electron chi connectivity index (χ3n) is 7.68. The molecule has 0 fully saturated rings. The molecule has 2 rings (SSSR count). The van der Waals surface area contributed by atoms with Crippen LogP contribution in [0.3, 0.4) is 0 Å². The van der Waals surface area contributed by atoms with Crippen LogP contribution in [0.25, 0.3) is 0 Å². The summed E-state index contributed by atoms with van der Waals surface area (Å²) in [7, 11) is 4.34. The monoisotopic (exact) mass is 538 g/mol. The second-order valence-electron chi connectivity index (χ2n) is 11.8. The number of unbranched alkanes of at least 4 members (excludes halogenated alkanes) is 11. The minimum Gasteiger partial charge on any atom is -0.457 e. The number of hydrogen-bond donors (Lipinski definition) is 0. The number of nitrogens with zero attached hydrogens (tertiary/aromatic N) is 1. The van der Waals surface area contributed by atoms with E-state index >= 15 is 0 Å². The number of rotatable bonds is 22. The zero-order valence-electron chi connectivity index (χ0n) is 25.5. The Kier molecular flexibility index (Phi) is 16.6. The molecule has 0 aromatic heterocycles. The van der Waals surface area contributed by atoms with E-state index in [-0.39, 0.29) is 18.7 Å². The Morgan fingerprint density at radius 2 is 1.31 bits per heavy atom. The van der Waals surface area contributed by atoms with Crippen LogP contribution in [0.2, 0.25) is 0 Å². The molecule has 1 unspecified atom stereocenters. The fourth-order valence-electron chi connectivity index (χ4n) is 5.39. The van der Waals surface area contributed by atoms with Gasteiger partial charge in [-0.1, -0.05) is 133 Å². The number of quaternary nitrogens is 1. The van der Waals surface area contributed by atoms with E-state index in [1.54, 1.807) is 0 Å². The second kappa shape index (κ2) is 19.7. The molecular formula is C35H56NO3+. The molecule has 2 aromatic carbocycles. The van der Waals surface area contributed by atoms with Crippen LogP contribution < -0.4 is 4.74 Å². The molecular weight excluding hydrogens is 482 g/mol. The molecule has 0 aliphatic heterocycles. The molecule has 0 heterocycles. The van der Waals surface area contributed by atoms with Crippen molar-refractivity contribution in [3.05, 3.63) is 65.7 Å². The molecule has 0 aliphatic rings. The normalized spacial score (nSPS) is 12.3. The SMILES string of the molecule is CCCCCCCCCCCCCCc1ccccc1OCOC(=O)C(CC)C[N+](C)(C)Cc1ccccc1. The number of carbonyl (C=O) groups is 1. The fourth-order valence-corrected chi connectivity index (χ4v) is 5.39. The minimum atomic E-state index is -0.171. The Labute approximate surface area is 239 Å². The van der Waals surface area contributed by atoms with E-state index in [0.29, 0.717) is 0 Å². The Morgan fingerprint density at radius 3 is 1.92 bits per heavy atom. The van der Waals surface area contributed by atoms with Crippen LogP contribution in [0, 0.1) is 5.92 Å². The molecule has 0 aliphatic carbocycles. The van der Waals surface area contributed by atoms with Crippen molar-refractivity contribution in [2.24, 2.45) is 5.92 Å². The highest BCUT2D eigenvalue weighted by molar-refractivity contribution is 5.72. The van der Waals surface area contributed by atoms with Gasteiger partial charge in [-0.15, -0.1) is 0 Å². The van der Waals surface area contributed by atoms with Gasteiger partial charge >= 0.3 is 5.97 Å². The first-order valence-electron chi connectivity index (χ1n) is 15.7. The Morgan fingerprint density at radius 1 is 0.744 bits per heavy atom. The predicted octanol–water partition coefficient (Wildman–Crippen LogP) is 9.11. The predicted molar refractivity (Wildman–Crippen MR) is 164 cm³/mol. The second-order valence-corrected chi connectivity index (χ2v) is 11.8. The number of hydrogen-bond acceptors (Lipinski definition) is 3. The summed E-state index contributed by atoms with van der Waals surface area (Å²) in [6.07, 6.45) is 18.0. The van der Waals surface area contributed by atoms with Gasteiger partial charge in [0.05, 0.1) is 20.6 Å². The quantitative estimate of drug-likeness (QED) is 0.0649. The standard InChI is InChI=1S/C35H56NO3/c1-5-7-8-9-10-11-12-13-14-15-16-20-25-33-26-21-22-27-34(33)38-30-39-35(37)32(6-2)29-36(3,4)28-31-23-18-17-19-24-31/h17-19,21-24,26-27,32H,5-16,20,25,28-30H2,1-4H3/q+1. The van der Waals surface area contributed by atoms with Crippen molar-refractivity contribution >= 4 is 5.97 Å². The van der Waals surface area contributed by atoms with Gasteiger partial charge in [0.2, 0.25) is 6.79 Å².